The number of hydrogen-bond donors (Lipinski definition) is 2. The Labute approximate surface area is 169 Å². The largest absolute Gasteiger partial charge is 0.493 e. The van der Waals surface area contributed by atoms with Gasteiger partial charge in [0.1, 0.15) is 13.2 Å². The van der Waals surface area contributed by atoms with Gasteiger partial charge in [-0.05, 0) is 41.8 Å². The van der Waals surface area contributed by atoms with Gasteiger partial charge in [-0.15, -0.1) is 0 Å². The topological polar surface area (TPSA) is 87.3 Å². The van der Waals surface area contributed by atoms with Crippen molar-refractivity contribution in [3.63, 3.8) is 0 Å². The molecule has 0 saturated heterocycles. The molecule has 8 heteroatoms. The van der Waals surface area contributed by atoms with E-state index < -0.39 is 0 Å². The molecule has 28 heavy (non-hydrogen) atoms. The number of benzene rings is 2. The Hall–Kier alpha value is -2.80. The van der Waals surface area contributed by atoms with Gasteiger partial charge in [-0.1, -0.05) is 17.7 Å². The minimum absolute atomic E-state index is 0.374. The second kappa shape index (κ2) is 9.41. The van der Waals surface area contributed by atoms with Crippen LogP contribution in [-0.2, 0) is 13.0 Å². The van der Waals surface area contributed by atoms with Crippen molar-refractivity contribution in [1.29, 1.82) is 0 Å². The summed E-state index contributed by atoms with van der Waals surface area (Å²) in [7, 11) is 3.21. The lowest BCUT2D eigenvalue weighted by atomic mass is 10.1. The van der Waals surface area contributed by atoms with Gasteiger partial charge in [0.15, 0.2) is 29.0 Å². The van der Waals surface area contributed by atoms with Crippen LogP contribution in [0.1, 0.15) is 11.1 Å². The van der Waals surface area contributed by atoms with Gasteiger partial charge in [0.25, 0.3) is 0 Å². The maximum Gasteiger partial charge on any atom is 0.188 e. The molecule has 2 aromatic carbocycles. The molecule has 0 amide bonds. The Kier molecular flexibility index (Phi) is 6.71. The number of aliphatic imine (C=N–C) groups is 1. The van der Waals surface area contributed by atoms with Crippen molar-refractivity contribution in [2.24, 2.45) is 10.7 Å². The zero-order chi connectivity index (χ0) is 19.9. The lowest BCUT2D eigenvalue weighted by Crippen LogP contribution is -2.33. The zero-order valence-electron chi connectivity index (χ0n) is 16.0. The molecule has 1 aliphatic heterocycles. The highest BCUT2D eigenvalue weighted by Crippen LogP contribution is 2.38. The molecule has 0 unspecified atom stereocenters. The first kappa shape index (κ1) is 19.9. The standard InChI is InChI=1S/C20H24ClN3O4/c1-25-16-4-3-14(11-17(16)26-2)12-24-20(22)23-6-5-13-9-15(21)19-18(10-13)27-7-8-28-19/h3-4,9-11H,5-8,12H2,1-2H3,(H3,22,23,24). The predicted octanol–water partition coefficient (Wildman–Crippen LogP) is 2.78. The molecular weight excluding hydrogens is 382 g/mol. The number of fused-ring (bicyclic) bond motifs is 1. The molecule has 0 aliphatic carbocycles. The van der Waals surface area contributed by atoms with E-state index in [1.54, 1.807) is 14.2 Å². The Balaban J connectivity index is 1.53. The van der Waals surface area contributed by atoms with E-state index >= 15 is 0 Å². The number of guanidine groups is 1. The van der Waals surface area contributed by atoms with Crippen LogP contribution in [0.5, 0.6) is 23.0 Å². The number of hydrogen-bond acceptors (Lipinski definition) is 5. The van der Waals surface area contributed by atoms with Crippen molar-refractivity contribution in [3.05, 3.63) is 46.5 Å². The minimum atomic E-state index is 0.374. The van der Waals surface area contributed by atoms with Gasteiger partial charge >= 0.3 is 0 Å². The molecule has 0 spiro atoms. The number of ether oxygens (including phenoxy) is 4. The number of methoxy groups -OCH3 is 2. The molecule has 0 bridgehead atoms. The summed E-state index contributed by atoms with van der Waals surface area (Å²) >= 11 is 6.26. The molecule has 3 N–H and O–H groups in total. The smallest absolute Gasteiger partial charge is 0.188 e. The van der Waals surface area contributed by atoms with Crippen LogP contribution in [-0.4, -0.2) is 39.9 Å². The lowest BCUT2D eigenvalue weighted by molar-refractivity contribution is 0.171. The zero-order valence-corrected chi connectivity index (χ0v) is 16.7. The Bertz CT molecular complexity index is 858. The van der Waals surface area contributed by atoms with Crippen LogP contribution >= 0.6 is 11.6 Å². The summed E-state index contributed by atoms with van der Waals surface area (Å²) in [6.45, 7) is 2.10. The third kappa shape index (κ3) is 4.92. The maximum atomic E-state index is 6.26. The summed E-state index contributed by atoms with van der Waals surface area (Å²) in [6, 6.07) is 9.48. The van der Waals surface area contributed by atoms with Crippen molar-refractivity contribution >= 4 is 17.6 Å². The van der Waals surface area contributed by atoms with Crippen LogP contribution in [0.25, 0.3) is 0 Å². The van der Waals surface area contributed by atoms with Crippen LogP contribution in [0.3, 0.4) is 0 Å². The lowest BCUT2D eigenvalue weighted by Gasteiger charge is -2.20. The maximum absolute atomic E-state index is 6.26. The molecule has 2 aromatic rings. The molecule has 0 atom stereocenters. The Morgan fingerprint density at radius 2 is 1.89 bits per heavy atom. The average Bonchev–Trinajstić information content (AvgIpc) is 2.72. The number of nitrogens with one attached hydrogen (secondary N) is 1. The van der Waals surface area contributed by atoms with E-state index in [0.29, 0.717) is 60.3 Å². The van der Waals surface area contributed by atoms with Crippen LogP contribution < -0.4 is 30.0 Å². The Morgan fingerprint density at radius 3 is 2.68 bits per heavy atom. The number of nitrogens with two attached hydrogens (primary N) is 1. The third-order valence-corrected chi connectivity index (χ3v) is 4.54. The van der Waals surface area contributed by atoms with E-state index in [1.165, 1.54) is 0 Å². The molecule has 0 saturated carbocycles. The van der Waals surface area contributed by atoms with Gasteiger partial charge in [0, 0.05) is 6.54 Å². The van der Waals surface area contributed by atoms with Crippen LogP contribution in [0, 0.1) is 0 Å². The molecular formula is C20H24ClN3O4. The number of rotatable bonds is 7. The average molecular weight is 406 g/mol. The van der Waals surface area contributed by atoms with E-state index in [4.69, 9.17) is 36.3 Å². The van der Waals surface area contributed by atoms with Gasteiger partial charge in [-0.25, -0.2) is 4.99 Å². The summed E-state index contributed by atoms with van der Waals surface area (Å²) in [6.07, 6.45) is 0.725. The van der Waals surface area contributed by atoms with Gasteiger partial charge in [0.2, 0.25) is 0 Å². The van der Waals surface area contributed by atoms with Crippen molar-refractivity contribution in [2.45, 2.75) is 13.0 Å². The molecule has 1 aliphatic rings. The van der Waals surface area contributed by atoms with Crippen LogP contribution in [0.4, 0.5) is 0 Å². The number of nitrogens with zero attached hydrogens (tertiary/aromatic N) is 1. The molecule has 0 radical (unpaired) electrons. The molecule has 1 heterocycles. The quantitative estimate of drug-likeness (QED) is 0.544. The first-order valence-corrected chi connectivity index (χ1v) is 9.31. The Morgan fingerprint density at radius 1 is 1.11 bits per heavy atom. The van der Waals surface area contributed by atoms with Crippen molar-refractivity contribution in [2.75, 3.05) is 34.0 Å². The van der Waals surface area contributed by atoms with E-state index in [2.05, 4.69) is 10.3 Å². The van der Waals surface area contributed by atoms with Crippen molar-refractivity contribution < 1.29 is 18.9 Å². The fourth-order valence-electron chi connectivity index (χ4n) is 2.85. The SMILES string of the molecule is COc1ccc(CN=C(N)NCCc2cc(Cl)c3c(c2)OCCO3)cc1OC. The first-order valence-electron chi connectivity index (χ1n) is 8.93. The molecule has 7 nitrogen and oxygen atoms in total. The molecule has 3 rings (SSSR count). The van der Waals surface area contributed by atoms with Crippen LogP contribution in [0.15, 0.2) is 35.3 Å². The monoisotopic (exact) mass is 405 g/mol. The van der Waals surface area contributed by atoms with E-state index in [-0.39, 0.29) is 0 Å². The first-order chi connectivity index (χ1) is 13.6. The molecule has 0 fully saturated rings. The van der Waals surface area contributed by atoms with Gasteiger partial charge in [0.05, 0.1) is 25.8 Å². The van der Waals surface area contributed by atoms with Crippen molar-refractivity contribution in [1.82, 2.24) is 5.32 Å². The predicted molar refractivity (Wildman–Crippen MR) is 109 cm³/mol. The van der Waals surface area contributed by atoms with E-state index in [9.17, 15) is 0 Å². The van der Waals surface area contributed by atoms with Crippen LogP contribution in [0.2, 0.25) is 5.02 Å². The summed E-state index contributed by atoms with van der Waals surface area (Å²) < 4.78 is 21.7. The second-order valence-electron chi connectivity index (χ2n) is 6.17. The van der Waals surface area contributed by atoms with E-state index in [0.717, 1.165) is 17.5 Å². The minimum Gasteiger partial charge on any atom is -0.493 e. The fraction of sp³-hybridized carbons (Fsp3) is 0.350. The fourth-order valence-corrected chi connectivity index (χ4v) is 3.14. The summed E-state index contributed by atoms with van der Waals surface area (Å²) in [5, 5.41) is 3.67. The summed E-state index contributed by atoms with van der Waals surface area (Å²) in [5.74, 6) is 3.01. The third-order valence-electron chi connectivity index (χ3n) is 4.26. The molecule has 150 valence electrons. The second-order valence-corrected chi connectivity index (χ2v) is 6.58. The van der Waals surface area contributed by atoms with Gasteiger partial charge < -0.3 is 30.0 Å². The normalized spacial score (nSPS) is 13.2. The van der Waals surface area contributed by atoms with Gasteiger partial charge in [-0.3, -0.25) is 0 Å². The van der Waals surface area contributed by atoms with Gasteiger partial charge in [-0.2, -0.15) is 0 Å². The highest BCUT2D eigenvalue weighted by Gasteiger charge is 2.16. The summed E-state index contributed by atoms with van der Waals surface area (Å²) in [5.41, 5.74) is 7.97. The van der Waals surface area contributed by atoms with Crippen molar-refractivity contribution in [3.8, 4) is 23.0 Å². The highest BCUT2D eigenvalue weighted by molar-refractivity contribution is 6.32. The highest BCUT2D eigenvalue weighted by atomic mass is 35.5. The molecule has 0 aromatic heterocycles. The summed E-state index contributed by atoms with van der Waals surface area (Å²) in [4.78, 5) is 4.36. The number of halogens is 1. The van der Waals surface area contributed by atoms with E-state index in [1.807, 2.05) is 30.3 Å².